The van der Waals surface area contributed by atoms with Crippen LogP contribution in [0.25, 0.3) is 0 Å². The highest BCUT2D eigenvalue weighted by molar-refractivity contribution is 6.03. The maximum absolute atomic E-state index is 13.7. The van der Waals surface area contributed by atoms with Gasteiger partial charge in [-0.15, -0.1) is 0 Å². The SMILES string of the molecule is CCN1C(=O)N[C@H](c2ccc(C)cc2)C2=C1CN([C@@H](C(=O)NCc1ccco1)C(C)C)C2=O. The van der Waals surface area contributed by atoms with Crippen molar-refractivity contribution in [1.82, 2.24) is 20.4 Å². The fraction of sp³-hybridized carbons (Fsp3) is 0.400. The zero-order valence-corrected chi connectivity index (χ0v) is 19.4. The van der Waals surface area contributed by atoms with Crippen LogP contribution in [0.1, 0.15) is 43.7 Å². The molecule has 1 aromatic heterocycles. The molecule has 3 heterocycles. The second-order valence-corrected chi connectivity index (χ2v) is 8.82. The molecule has 8 nitrogen and oxygen atoms in total. The van der Waals surface area contributed by atoms with Gasteiger partial charge in [0.1, 0.15) is 11.8 Å². The Bertz CT molecular complexity index is 1070. The molecule has 2 aliphatic rings. The lowest BCUT2D eigenvalue weighted by atomic mass is 9.94. The van der Waals surface area contributed by atoms with Crippen molar-refractivity contribution in [3.05, 3.63) is 70.8 Å². The highest BCUT2D eigenvalue weighted by atomic mass is 16.3. The summed E-state index contributed by atoms with van der Waals surface area (Å²) >= 11 is 0. The van der Waals surface area contributed by atoms with E-state index in [4.69, 9.17) is 4.42 Å². The number of hydrogen-bond acceptors (Lipinski definition) is 4. The summed E-state index contributed by atoms with van der Waals surface area (Å²) in [5.41, 5.74) is 3.14. The van der Waals surface area contributed by atoms with Crippen molar-refractivity contribution in [2.45, 2.75) is 46.3 Å². The van der Waals surface area contributed by atoms with Gasteiger partial charge in [0.05, 0.1) is 36.7 Å². The molecule has 174 valence electrons. The first kappa shape index (κ1) is 22.6. The molecule has 1 aromatic carbocycles. The van der Waals surface area contributed by atoms with E-state index in [9.17, 15) is 14.4 Å². The Morgan fingerprint density at radius 1 is 1.21 bits per heavy atom. The molecule has 0 radical (unpaired) electrons. The van der Waals surface area contributed by atoms with Crippen molar-refractivity contribution >= 4 is 17.8 Å². The Hall–Kier alpha value is -3.55. The van der Waals surface area contributed by atoms with Gasteiger partial charge in [-0.25, -0.2) is 4.79 Å². The molecule has 0 fully saturated rings. The highest BCUT2D eigenvalue weighted by Gasteiger charge is 2.47. The number of benzene rings is 1. The molecule has 4 amide bonds. The molecule has 4 rings (SSSR count). The third-order valence-electron chi connectivity index (χ3n) is 6.23. The van der Waals surface area contributed by atoms with Gasteiger partial charge in [-0.3, -0.25) is 14.5 Å². The lowest BCUT2D eigenvalue weighted by Crippen LogP contribution is -2.51. The van der Waals surface area contributed by atoms with Crippen LogP contribution >= 0.6 is 0 Å². The Kier molecular flexibility index (Phi) is 6.26. The molecule has 0 saturated carbocycles. The van der Waals surface area contributed by atoms with Gasteiger partial charge in [0, 0.05) is 6.54 Å². The van der Waals surface area contributed by atoms with Gasteiger partial charge in [0.2, 0.25) is 5.91 Å². The first-order valence-electron chi connectivity index (χ1n) is 11.3. The molecule has 2 aliphatic heterocycles. The Balaban J connectivity index is 1.64. The topological polar surface area (TPSA) is 94.9 Å². The van der Waals surface area contributed by atoms with E-state index in [1.807, 2.05) is 52.0 Å². The van der Waals surface area contributed by atoms with Crippen LogP contribution in [0, 0.1) is 12.8 Å². The summed E-state index contributed by atoms with van der Waals surface area (Å²) in [5.74, 6) is 0.0515. The number of urea groups is 1. The fourth-order valence-electron chi connectivity index (χ4n) is 4.58. The van der Waals surface area contributed by atoms with Crippen LogP contribution in [-0.4, -0.2) is 46.8 Å². The summed E-state index contributed by atoms with van der Waals surface area (Å²) in [6.07, 6.45) is 1.55. The number of likely N-dealkylation sites (N-methyl/N-ethyl adjacent to an activating group) is 1. The number of hydrogen-bond donors (Lipinski definition) is 2. The van der Waals surface area contributed by atoms with Crippen molar-refractivity contribution in [2.24, 2.45) is 5.92 Å². The van der Waals surface area contributed by atoms with Crippen LogP contribution in [0.5, 0.6) is 0 Å². The average molecular weight is 451 g/mol. The van der Waals surface area contributed by atoms with E-state index in [1.54, 1.807) is 28.2 Å². The van der Waals surface area contributed by atoms with Crippen LogP contribution in [0.4, 0.5) is 4.79 Å². The highest BCUT2D eigenvalue weighted by Crippen LogP contribution is 2.37. The van der Waals surface area contributed by atoms with Gasteiger partial charge in [0.25, 0.3) is 5.91 Å². The van der Waals surface area contributed by atoms with Crippen LogP contribution in [0.2, 0.25) is 0 Å². The lowest BCUT2D eigenvalue weighted by molar-refractivity contribution is -0.138. The predicted octanol–water partition coefficient (Wildman–Crippen LogP) is 3.11. The molecule has 33 heavy (non-hydrogen) atoms. The molecule has 0 bridgehead atoms. The second-order valence-electron chi connectivity index (χ2n) is 8.82. The standard InChI is InChI=1S/C25H30N4O4/c1-5-28-19-14-29(22(15(2)3)23(30)26-13-18-7-6-12-33-18)24(31)20(19)21(27-25(28)32)17-10-8-16(4)9-11-17/h6-12,15,21-22H,5,13-14H2,1-4H3,(H,26,30)(H,27,32)/t21-,22-/m1/s1. The van der Waals surface area contributed by atoms with Gasteiger partial charge >= 0.3 is 6.03 Å². The van der Waals surface area contributed by atoms with Gasteiger partial charge in [-0.2, -0.15) is 0 Å². The van der Waals surface area contributed by atoms with Gasteiger partial charge in [-0.1, -0.05) is 43.7 Å². The predicted molar refractivity (Wildman–Crippen MR) is 123 cm³/mol. The Morgan fingerprint density at radius 3 is 2.55 bits per heavy atom. The summed E-state index contributed by atoms with van der Waals surface area (Å²) in [4.78, 5) is 42.9. The summed E-state index contributed by atoms with van der Waals surface area (Å²) in [7, 11) is 0. The van der Waals surface area contributed by atoms with Crippen molar-refractivity contribution in [1.29, 1.82) is 0 Å². The zero-order chi connectivity index (χ0) is 23.7. The van der Waals surface area contributed by atoms with Gasteiger partial charge in [0.15, 0.2) is 0 Å². The largest absolute Gasteiger partial charge is 0.467 e. The molecule has 0 aliphatic carbocycles. The maximum Gasteiger partial charge on any atom is 0.322 e. The number of carbonyl (C=O) groups is 3. The molecule has 0 unspecified atom stereocenters. The number of amides is 4. The minimum Gasteiger partial charge on any atom is -0.467 e. The maximum atomic E-state index is 13.7. The molecule has 8 heteroatoms. The van der Waals surface area contributed by atoms with Crippen molar-refractivity contribution < 1.29 is 18.8 Å². The number of nitrogens with zero attached hydrogens (tertiary/aromatic N) is 2. The summed E-state index contributed by atoms with van der Waals surface area (Å²) in [6, 6.07) is 9.87. The molecule has 2 N–H and O–H groups in total. The Morgan fingerprint density at radius 2 is 1.94 bits per heavy atom. The average Bonchev–Trinajstić information content (AvgIpc) is 3.41. The smallest absolute Gasteiger partial charge is 0.322 e. The zero-order valence-electron chi connectivity index (χ0n) is 19.4. The first-order chi connectivity index (χ1) is 15.8. The quantitative estimate of drug-likeness (QED) is 0.678. The number of rotatable bonds is 7. The van der Waals surface area contributed by atoms with Crippen molar-refractivity contribution in [2.75, 3.05) is 13.1 Å². The third kappa shape index (κ3) is 4.25. The van der Waals surface area contributed by atoms with Crippen molar-refractivity contribution in [3.8, 4) is 0 Å². The Labute approximate surface area is 193 Å². The number of aryl methyl sites for hydroxylation is 1. The molecule has 0 saturated heterocycles. The normalized spacial score (nSPS) is 19.1. The minimum absolute atomic E-state index is 0.122. The van der Waals surface area contributed by atoms with E-state index < -0.39 is 12.1 Å². The van der Waals surface area contributed by atoms with E-state index in [-0.39, 0.29) is 36.9 Å². The number of carbonyl (C=O) groups excluding carboxylic acids is 3. The summed E-state index contributed by atoms with van der Waals surface area (Å²) < 4.78 is 5.30. The molecule has 2 atom stereocenters. The molecular weight excluding hydrogens is 420 g/mol. The summed E-state index contributed by atoms with van der Waals surface area (Å²) in [6.45, 7) is 8.60. The van der Waals surface area contributed by atoms with E-state index >= 15 is 0 Å². The fourth-order valence-corrected chi connectivity index (χ4v) is 4.58. The van der Waals surface area contributed by atoms with Crippen molar-refractivity contribution in [3.63, 3.8) is 0 Å². The van der Waals surface area contributed by atoms with Gasteiger partial charge < -0.3 is 20.0 Å². The van der Waals surface area contributed by atoms with Crippen LogP contribution < -0.4 is 10.6 Å². The monoisotopic (exact) mass is 450 g/mol. The molecule has 0 spiro atoms. The van der Waals surface area contributed by atoms with Crippen LogP contribution in [-0.2, 0) is 16.1 Å². The second kappa shape index (κ2) is 9.13. The van der Waals surface area contributed by atoms with Gasteiger partial charge in [-0.05, 0) is 37.5 Å². The van der Waals surface area contributed by atoms with E-state index in [1.165, 1.54) is 0 Å². The van der Waals surface area contributed by atoms with Crippen LogP contribution in [0.15, 0.2) is 58.3 Å². The third-order valence-corrected chi connectivity index (χ3v) is 6.23. The molecular formula is C25H30N4O4. The summed E-state index contributed by atoms with van der Waals surface area (Å²) in [5, 5.41) is 5.87. The number of furan rings is 1. The van der Waals surface area contributed by atoms with E-state index in [0.29, 0.717) is 23.6 Å². The minimum atomic E-state index is -0.675. The first-order valence-corrected chi connectivity index (χ1v) is 11.3. The lowest BCUT2D eigenvalue weighted by Gasteiger charge is -2.33. The number of nitrogens with one attached hydrogen (secondary N) is 2. The van der Waals surface area contributed by atoms with Crippen LogP contribution in [0.3, 0.4) is 0 Å². The molecule has 2 aromatic rings. The van der Waals surface area contributed by atoms with E-state index in [0.717, 1.165) is 11.1 Å². The van der Waals surface area contributed by atoms with E-state index in [2.05, 4.69) is 10.6 Å².